The van der Waals surface area contributed by atoms with Gasteiger partial charge in [0.15, 0.2) is 6.54 Å². The van der Waals surface area contributed by atoms with E-state index in [-0.39, 0.29) is 6.54 Å². The van der Waals surface area contributed by atoms with E-state index in [2.05, 4.69) is 0 Å². The summed E-state index contributed by atoms with van der Waals surface area (Å²) in [5.74, 6) is -1.11. The number of halogens is 2. The Balaban J connectivity index is 2.13. The van der Waals surface area contributed by atoms with Crippen LogP contribution in [0.5, 0.6) is 0 Å². The van der Waals surface area contributed by atoms with Crippen molar-refractivity contribution in [1.29, 1.82) is 0 Å². The number of hydrogen-bond donors (Lipinski definition) is 0. The monoisotopic (exact) mass is 256 g/mol. The van der Waals surface area contributed by atoms with Gasteiger partial charge in [-0.2, -0.15) is 0 Å². The van der Waals surface area contributed by atoms with Gasteiger partial charge >= 0.3 is 11.9 Å². The van der Waals surface area contributed by atoms with E-state index >= 15 is 0 Å². The fourth-order valence-corrected chi connectivity index (χ4v) is 2.17. The fraction of sp³-hybridized carbons (Fsp3) is 0.0625. The van der Waals surface area contributed by atoms with E-state index in [1.165, 1.54) is 6.07 Å². The number of rotatable bonds is 2. The predicted molar refractivity (Wildman–Crippen MR) is 69.6 cm³/mol. The van der Waals surface area contributed by atoms with Crippen LogP contribution < -0.4 is 4.57 Å². The normalized spacial score (nSPS) is 10.8. The molecule has 0 saturated carbocycles. The van der Waals surface area contributed by atoms with Crippen LogP contribution in [0.3, 0.4) is 0 Å². The molecule has 1 nitrogen and oxygen atoms in total. The first kappa shape index (κ1) is 11.8. The Kier molecular flexibility index (Phi) is 2.95. The van der Waals surface area contributed by atoms with Gasteiger partial charge < -0.3 is 0 Å². The van der Waals surface area contributed by atoms with Gasteiger partial charge in [-0.15, -0.1) is 13.3 Å². The Morgan fingerprint density at radius 3 is 2.32 bits per heavy atom. The number of aromatic nitrogens is 1. The molecule has 3 heteroatoms. The molecule has 3 rings (SSSR count). The van der Waals surface area contributed by atoms with Crippen LogP contribution in [-0.2, 0) is 6.54 Å². The lowest BCUT2D eigenvalue weighted by molar-refractivity contribution is -0.740. The summed E-state index contributed by atoms with van der Waals surface area (Å²) >= 11 is 0. The van der Waals surface area contributed by atoms with Gasteiger partial charge in [-0.05, 0) is 6.07 Å². The zero-order valence-corrected chi connectivity index (χ0v) is 10.2. The molecule has 1 aromatic heterocycles. The van der Waals surface area contributed by atoms with Gasteiger partial charge in [0.1, 0.15) is 0 Å². The minimum Gasteiger partial charge on any atom is -0.137 e. The zero-order chi connectivity index (χ0) is 13.2. The van der Waals surface area contributed by atoms with Crippen LogP contribution in [-0.4, -0.2) is 0 Å². The molecule has 0 unspecified atom stereocenters. The Hall–Kier alpha value is -2.29. The first-order valence-electron chi connectivity index (χ1n) is 6.06. The molecule has 94 valence electrons. The highest BCUT2D eigenvalue weighted by atomic mass is 19.1. The molecule has 0 radical (unpaired) electrons. The van der Waals surface area contributed by atoms with Crippen molar-refractivity contribution in [3.63, 3.8) is 0 Å². The Labute approximate surface area is 109 Å². The van der Waals surface area contributed by atoms with Crippen molar-refractivity contribution < 1.29 is 13.3 Å². The van der Waals surface area contributed by atoms with Crippen molar-refractivity contribution in [2.24, 2.45) is 0 Å². The molecule has 19 heavy (non-hydrogen) atoms. The minimum atomic E-state index is -0.569. The van der Waals surface area contributed by atoms with Crippen molar-refractivity contribution >= 4 is 10.8 Å². The summed E-state index contributed by atoms with van der Waals surface area (Å²) in [6, 6.07) is 17.5. The van der Waals surface area contributed by atoms with Gasteiger partial charge in [0.25, 0.3) is 0 Å². The lowest BCUT2D eigenvalue weighted by atomic mass is 10.1. The van der Waals surface area contributed by atoms with E-state index in [1.807, 2.05) is 30.3 Å². The largest absolute Gasteiger partial charge is 0.370 e. The summed E-state index contributed by atoms with van der Waals surface area (Å²) < 4.78 is 29.4. The van der Waals surface area contributed by atoms with Crippen LogP contribution in [0.1, 0.15) is 5.56 Å². The third kappa shape index (κ3) is 2.19. The summed E-state index contributed by atoms with van der Waals surface area (Å²) in [4.78, 5) is 0. The average molecular weight is 256 g/mol. The summed E-state index contributed by atoms with van der Waals surface area (Å²) in [6.07, 6.45) is 0. The molecule has 0 N–H and O–H groups in total. The summed E-state index contributed by atoms with van der Waals surface area (Å²) in [6.45, 7) is 0.184. The third-order valence-electron chi connectivity index (χ3n) is 3.14. The van der Waals surface area contributed by atoms with Crippen LogP contribution in [0.2, 0.25) is 0 Å². The maximum atomic E-state index is 14.3. The number of pyridine rings is 1. The first-order chi connectivity index (χ1) is 9.25. The van der Waals surface area contributed by atoms with Crippen molar-refractivity contribution in [2.75, 3.05) is 0 Å². The van der Waals surface area contributed by atoms with Crippen LogP contribution in [0, 0.1) is 11.9 Å². The molecular weight excluding hydrogens is 244 g/mol. The maximum absolute atomic E-state index is 14.3. The van der Waals surface area contributed by atoms with Gasteiger partial charge in [0, 0.05) is 10.9 Å². The topological polar surface area (TPSA) is 3.88 Å². The van der Waals surface area contributed by atoms with E-state index < -0.39 is 11.9 Å². The second-order valence-electron chi connectivity index (χ2n) is 4.42. The molecule has 0 aliphatic heterocycles. The predicted octanol–water partition coefficient (Wildman–Crippen LogP) is 3.45. The number of nitrogens with zero attached hydrogens (tertiary/aromatic N) is 1. The lowest BCUT2D eigenvalue weighted by Crippen LogP contribution is -2.42. The number of benzene rings is 2. The van der Waals surface area contributed by atoms with Gasteiger partial charge in [-0.1, -0.05) is 48.5 Å². The molecule has 0 fully saturated rings. The lowest BCUT2D eigenvalue weighted by Gasteiger charge is -2.03. The smallest absolute Gasteiger partial charge is 0.137 e. The molecule has 2 aromatic carbocycles. The van der Waals surface area contributed by atoms with E-state index in [9.17, 15) is 8.78 Å². The molecule has 0 bridgehead atoms. The van der Waals surface area contributed by atoms with Gasteiger partial charge in [0.2, 0.25) is 0 Å². The van der Waals surface area contributed by atoms with Gasteiger partial charge in [-0.3, -0.25) is 0 Å². The van der Waals surface area contributed by atoms with Crippen molar-refractivity contribution in [3.8, 4) is 0 Å². The van der Waals surface area contributed by atoms with Crippen LogP contribution in [0.15, 0.2) is 60.7 Å². The Morgan fingerprint density at radius 2 is 1.53 bits per heavy atom. The summed E-state index contributed by atoms with van der Waals surface area (Å²) in [7, 11) is 0. The SMILES string of the molecule is Fc1cc2ccccc2c(F)[n+]1Cc1ccccc1. The van der Waals surface area contributed by atoms with Crippen molar-refractivity contribution in [2.45, 2.75) is 6.54 Å². The quantitative estimate of drug-likeness (QED) is 0.488. The fourth-order valence-electron chi connectivity index (χ4n) is 2.17. The van der Waals surface area contributed by atoms with E-state index in [4.69, 9.17) is 0 Å². The molecular formula is C16H12F2N+. The highest BCUT2D eigenvalue weighted by molar-refractivity contribution is 5.81. The molecule has 3 aromatic rings. The van der Waals surface area contributed by atoms with E-state index in [0.717, 1.165) is 10.1 Å². The van der Waals surface area contributed by atoms with Gasteiger partial charge in [0.05, 0.1) is 11.5 Å². The molecule has 1 heterocycles. The first-order valence-corrected chi connectivity index (χ1v) is 6.06. The number of hydrogen-bond acceptors (Lipinski definition) is 0. The molecule has 0 atom stereocenters. The molecule has 0 amide bonds. The third-order valence-corrected chi connectivity index (χ3v) is 3.14. The zero-order valence-electron chi connectivity index (χ0n) is 10.2. The second kappa shape index (κ2) is 4.76. The van der Waals surface area contributed by atoms with Crippen LogP contribution >= 0.6 is 0 Å². The highest BCUT2D eigenvalue weighted by Gasteiger charge is 2.21. The van der Waals surface area contributed by atoms with E-state index in [0.29, 0.717) is 10.8 Å². The van der Waals surface area contributed by atoms with Crippen molar-refractivity contribution in [1.82, 2.24) is 0 Å². The molecule has 0 spiro atoms. The Bertz CT molecular complexity index is 723. The summed E-state index contributed by atoms with van der Waals surface area (Å²) in [5.41, 5.74) is 0.862. The maximum Gasteiger partial charge on any atom is 0.370 e. The standard InChI is InChI=1S/C16H12F2N/c17-15-10-13-8-4-5-9-14(13)16(18)19(15)11-12-6-2-1-3-7-12/h1-10H,11H2/q+1. The molecule has 0 saturated heterocycles. The summed E-state index contributed by atoms with van der Waals surface area (Å²) in [5, 5.41) is 1.00. The number of fused-ring (bicyclic) bond motifs is 1. The average Bonchev–Trinajstić information content (AvgIpc) is 2.45. The van der Waals surface area contributed by atoms with Gasteiger partial charge in [-0.25, -0.2) is 0 Å². The molecule has 0 aliphatic rings. The van der Waals surface area contributed by atoms with E-state index in [1.54, 1.807) is 24.3 Å². The van der Waals surface area contributed by atoms with Crippen molar-refractivity contribution in [3.05, 3.63) is 78.1 Å². The Morgan fingerprint density at radius 1 is 0.842 bits per heavy atom. The minimum absolute atomic E-state index is 0.184. The highest BCUT2D eigenvalue weighted by Crippen LogP contribution is 2.16. The van der Waals surface area contributed by atoms with Crippen LogP contribution in [0.25, 0.3) is 10.8 Å². The molecule has 0 aliphatic carbocycles. The van der Waals surface area contributed by atoms with Crippen LogP contribution in [0.4, 0.5) is 8.78 Å². The second-order valence-corrected chi connectivity index (χ2v) is 4.42.